The van der Waals surface area contributed by atoms with Crippen LogP contribution < -0.4 is 10.6 Å². The molecule has 1 amide bonds. The number of hydrogen-bond donors (Lipinski definition) is 2. The molecule has 88 valence electrons. The van der Waals surface area contributed by atoms with Crippen molar-refractivity contribution in [3.05, 3.63) is 35.4 Å². The van der Waals surface area contributed by atoms with Crippen molar-refractivity contribution in [2.45, 2.75) is 13.0 Å². The van der Waals surface area contributed by atoms with Crippen molar-refractivity contribution in [3.63, 3.8) is 0 Å². The zero-order valence-corrected chi connectivity index (χ0v) is 9.02. The van der Waals surface area contributed by atoms with Crippen LogP contribution in [0.5, 0.6) is 0 Å². The highest BCUT2D eigenvalue weighted by Gasteiger charge is 2.03. The van der Waals surface area contributed by atoms with Crippen LogP contribution in [-0.4, -0.2) is 19.5 Å². The first-order valence-corrected chi connectivity index (χ1v) is 4.98. The van der Waals surface area contributed by atoms with Crippen LogP contribution in [0.25, 0.3) is 0 Å². The number of hydrogen-bond acceptors (Lipinski definition) is 2. The van der Waals surface area contributed by atoms with E-state index in [9.17, 15) is 13.6 Å². The first-order valence-electron chi connectivity index (χ1n) is 4.98. The summed E-state index contributed by atoms with van der Waals surface area (Å²) in [6.45, 7) is 0.709. The normalized spacial score (nSPS) is 10.2. The van der Waals surface area contributed by atoms with Crippen LogP contribution >= 0.6 is 0 Å². The van der Waals surface area contributed by atoms with Crippen molar-refractivity contribution in [2.24, 2.45) is 0 Å². The van der Waals surface area contributed by atoms with Gasteiger partial charge in [0.05, 0.1) is 0 Å². The number of carbonyl (C=O) groups excluding carboxylic acids is 1. The molecule has 2 N–H and O–H groups in total. The summed E-state index contributed by atoms with van der Waals surface area (Å²) >= 11 is 0. The lowest BCUT2D eigenvalue weighted by Gasteiger charge is -2.05. The maximum atomic E-state index is 12.8. The van der Waals surface area contributed by atoms with E-state index in [4.69, 9.17) is 0 Å². The molecular formula is C11H14F2N2O. The fraction of sp³-hybridized carbons (Fsp3) is 0.364. The summed E-state index contributed by atoms with van der Waals surface area (Å²) in [5, 5.41) is 5.41. The second kappa shape index (κ2) is 6.17. The second-order valence-corrected chi connectivity index (χ2v) is 3.41. The topological polar surface area (TPSA) is 41.1 Å². The Morgan fingerprint density at radius 2 is 1.88 bits per heavy atom. The fourth-order valence-corrected chi connectivity index (χ4v) is 1.24. The van der Waals surface area contributed by atoms with E-state index in [1.54, 1.807) is 7.05 Å². The van der Waals surface area contributed by atoms with E-state index in [0.717, 1.165) is 6.07 Å². The average Bonchev–Trinajstić information content (AvgIpc) is 2.22. The summed E-state index contributed by atoms with van der Waals surface area (Å²) < 4.78 is 25.6. The summed E-state index contributed by atoms with van der Waals surface area (Å²) in [4.78, 5) is 11.2. The van der Waals surface area contributed by atoms with Gasteiger partial charge >= 0.3 is 0 Å². The van der Waals surface area contributed by atoms with Crippen LogP contribution in [0, 0.1) is 11.6 Å². The molecule has 0 aliphatic rings. The van der Waals surface area contributed by atoms with E-state index in [2.05, 4.69) is 10.6 Å². The number of benzene rings is 1. The van der Waals surface area contributed by atoms with Crippen molar-refractivity contribution in [1.29, 1.82) is 0 Å². The Bertz CT molecular complexity index is 349. The Morgan fingerprint density at radius 3 is 2.44 bits per heavy atom. The van der Waals surface area contributed by atoms with Crippen molar-refractivity contribution in [1.82, 2.24) is 10.6 Å². The summed E-state index contributed by atoms with van der Waals surface area (Å²) in [6.07, 6.45) is 0.342. The van der Waals surface area contributed by atoms with Crippen LogP contribution in [0.1, 0.15) is 12.0 Å². The predicted octanol–water partition coefficient (Wildman–Crippen LogP) is 1.19. The number of nitrogens with one attached hydrogen (secondary N) is 2. The first kappa shape index (κ1) is 12.6. The Morgan fingerprint density at radius 1 is 1.25 bits per heavy atom. The molecule has 0 spiro atoms. The molecule has 0 bridgehead atoms. The standard InChI is InChI=1S/C11H14F2N2O/c1-14-3-2-11(16)15-7-8-4-9(12)6-10(13)5-8/h4-6,14H,2-3,7H2,1H3,(H,15,16). The molecule has 0 saturated carbocycles. The van der Waals surface area contributed by atoms with Gasteiger partial charge in [-0.1, -0.05) is 0 Å². The van der Waals surface area contributed by atoms with Gasteiger partial charge in [-0.2, -0.15) is 0 Å². The van der Waals surface area contributed by atoms with Gasteiger partial charge in [-0.05, 0) is 24.7 Å². The van der Waals surface area contributed by atoms with Gasteiger partial charge in [0.25, 0.3) is 0 Å². The molecule has 0 atom stereocenters. The summed E-state index contributed by atoms with van der Waals surface area (Å²) in [5.41, 5.74) is 0.412. The maximum absolute atomic E-state index is 12.8. The van der Waals surface area contributed by atoms with E-state index in [1.165, 1.54) is 12.1 Å². The zero-order chi connectivity index (χ0) is 12.0. The summed E-state index contributed by atoms with van der Waals surface area (Å²) in [7, 11) is 1.75. The molecule has 0 aromatic heterocycles. The van der Waals surface area contributed by atoms with Gasteiger partial charge in [0.2, 0.25) is 5.91 Å². The largest absolute Gasteiger partial charge is 0.352 e. The van der Waals surface area contributed by atoms with Crippen LogP contribution in [0.15, 0.2) is 18.2 Å². The Balaban J connectivity index is 2.45. The SMILES string of the molecule is CNCCC(=O)NCc1cc(F)cc(F)c1. The zero-order valence-electron chi connectivity index (χ0n) is 9.02. The van der Waals surface area contributed by atoms with Crippen LogP contribution in [0.3, 0.4) is 0 Å². The number of rotatable bonds is 5. The van der Waals surface area contributed by atoms with Gasteiger partial charge in [0, 0.05) is 25.6 Å². The van der Waals surface area contributed by atoms with Crippen molar-refractivity contribution in [2.75, 3.05) is 13.6 Å². The minimum Gasteiger partial charge on any atom is -0.352 e. The molecule has 16 heavy (non-hydrogen) atoms. The lowest BCUT2D eigenvalue weighted by molar-refractivity contribution is -0.121. The van der Waals surface area contributed by atoms with Crippen molar-refractivity contribution < 1.29 is 13.6 Å². The fourth-order valence-electron chi connectivity index (χ4n) is 1.24. The third kappa shape index (κ3) is 4.35. The smallest absolute Gasteiger partial charge is 0.221 e. The molecule has 0 unspecified atom stereocenters. The monoisotopic (exact) mass is 228 g/mol. The lowest BCUT2D eigenvalue weighted by atomic mass is 10.2. The molecule has 1 aromatic rings. The van der Waals surface area contributed by atoms with Gasteiger partial charge in [-0.3, -0.25) is 4.79 Å². The molecule has 0 radical (unpaired) electrons. The van der Waals surface area contributed by atoms with E-state index in [-0.39, 0.29) is 12.5 Å². The van der Waals surface area contributed by atoms with Gasteiger partial charge in [0.1, 0.15) is 11.6 Å². The van der Waals surface area contributed by atoms with Crippen LogP contribution in [0.4, 0.5) is 8.78 Å². The summed E-state index contributed by atoms with van der Waals surface area (Å²) in [5.74, 6) is -1.43. The maximum Gasteiger partial charge on any atom is 0.221 e. The van der Waals surface area contributed by atoms with Gasteiger partial charge in [-0.15, -0.1) is 0 Å². The van der Waals surface area contributed by atoms with E-state index in [1.807, 2.05) is 0 Å². The van der Waals surface area contributed by atoms with E-state index < -0.39 is 11.6 Å². The molecule has 0 aliphatic carbocycles. The minimum atomic E-state index is -0.639. The van der Waals surface area contributed by atoms with Crippen molar-refractivity contribution in [3.8, 4) is 0 Å². The molecule has 1 aromatic carbocycles. The molecule has 0 fully saturated rings. The molecule has 3 nitrogen and oxygen atoms in total. The second-order valence-electron chi connectivity index (χ2n) is 3.41. The highest BCUT2D eigenvalue weighted by atomic mass is 19.1. The predicted molar refractivity (Wildman–Crippen MR) is 56.7 cm³/mol. The molecule has 0 heterocycles. The van der Waals surface area contributed by atoms with Gasteiger partial charge in [0.15, 0.2) is 0 Å². The molecule has 0 aliphatic heterocycles. The molecular weight excluding hydrogens is 214 g/mol. The Hall–Kier alpha value is -1.49. The third-order valence-corrected chi connectivity index (χ3v) is 2.01. The molecule has 1 rings (SSSR count). The summed E-state index contributed by atoms with van der Waals surface area (Å²) in [6, 6.07) is 3.19. The van der Waals surface area contributed by atoms with E-state index >= 15 is 0 Å². The Kier molecular flexibility index (Phi) is 4.85. The first-order chi connectivity index (χ1) is 7.61. The highest BCUT2D eigenvalue weighted by molar-refractivity contribution is 5.76. The Labute approximate surface area is 92.8 Å². The van der Waals surface area contributed by atoms with E-state index in [0.29, 0.717) is 18.5 Å². The highest BCUT2D eigenvalue weighted by Crippen LogP contribution is 2.07. The van der Waals surface area contributed by atoms with Gasteiger partial charge < -0.3 is 10.6 Å². The molecule has 5 heteroatoms. The number of carbonyl (C=O) groups is 1. The van der Waals surface area contributed by atoms with Crippen LogP contribution in [0.2, 0.25) is 0 Å². The average molecular weight is 228 g/mol. The molecule has 0 saturated heterocycles. The van der Waals surface area contributed by atoms with Gasteiger partial charge in [-0.25, -0.2) is 8.78 Å². The third-order valence-electron chi connectivity index (χ3n) is 2.01. The van der Waals surface area contributed by atoms with Crippen LogP contribution in [-0.2, 0) is 11.3 Å². The number of halogens is 2. The minimum absolute atomic E-state index is 0.136. The van der Waals surface area contributed by atoms with Crippen molar-refractivity contribution >= 4 is 5.91 Å². The quantitative estimate of drug-likeness (QED) is 0.794. The lowest BCUT2D eigenvalue weighted by Crippen LogP contribution is -2.26. The number of amides is 1.